The summed E-state index contributed by atoms with van der Waals surface area (Å²) in [7, 11) is 3.69. The minimum Gasteiger partial charge on any atom is -0.343 e. The summed E-state index contributed by atoms with van der Waals surface area (Å²) >= 11 is 0. The van der Waals surface area contributed by atoms with E-state index < -0.39 is 6.04 Å². The second kappa shape index (κ2) is 9.53. The molecule has 1 N–H and O–H groups in total. The first-order valence-electron chi connectivity index (χ1n) is 8.98. The van der Waals surface area contributed by atoms with E-state index in [2.05, 4.69) is 17.1 Å². The molecular weight excluding hydrogens is 316 g/mol. The van der Waals surface area contributed by atoms with Crippen molar-refractivity contribution in [3.05, 3.63) is 35.9 Å². The SMILES string of the molecule is CCN1CCN(C(=O)C(Cc2ccccc2)NC(=O)CN(C)C)CC1. The average molecular weight is 346 g/mol. The molecular formula is C19H30N4O2. The highest BCUT2D eigenvalue weighted by molar-refractivity contribution is 5.88. The number of nitrogens with zero attached hydrogens (tertiary/aromatic N) is 3. The minimum absolute atomic E-state index is 0.0201. The van der Waals surface area contributed by atoms with Crippen LogP contribution in [0.1, 0.15) is 12.5 Å². The van der Waals surface area contributed by atoms with Crippen LogP contribution < -0.4 is 5.32 Å². The van der Waals surface area contributed by atoms with Gasteiger partial charge in [-0.2, -0.15) is 0 Å². The average Bonchev–Trinajstić information content (AvgIpc) is 2.61. The van der Waals surface area contributed by atoms with E-state index in [0.29, 0.717) is 6.42 Å². The van der Waals surface area contributed by atoms with Crippen molar-refractivity contribution in [2.75, 3.05) is 53.4 Å². The lowest BCUT2D eigenvalue weighted by Gasteiger charge is -2.36. The molecule has 1 saturated heterocycles. The molecule has 1 heterocycles. The van der Waals surface area contributed by atoms with Gasteiger partial charge in [-0.1, -0.05) is 37.3 Å². The highest BCUT2D eigenvalue weighted by Crippen LogP contribution is 2.09. The van der Waals surface area contributed by atoms with Gasteiger partial charge in [-0.15, -0.1) is 0 Å². The van der Waals surface area contributed by atoms with Crippen LogP contribution in [0.3, 0.4) is 0 Å². The molecule has 0 aliphatic carbocycles. The molecule has 138 valence electrons. The lowest BCUT2D eigenvalue weighted by Crippen LogP contribution is -2.56. The predicted octanol–water partition coefficient (Wildman–Crippen LogP) is 0.440. The summed E-state index contributed by atoms with van der Waals surface area (Å²) in [5.41, 5.74) is 1.05. The molecule has 1 aliphatic heterocycles. The summed E-state index contributed by atoms with van der Waals surface area (Å²) in [6.07, 6.45) is 0.521. The van der Waals surface area contributed by atoms with E-state index in [0.717, 1.165) is 38.3 Å². The lowest BCUT2D eigenvalue weighted by atomic mass is 10.0. The van der Waals surface area contributed by atoms with E-state index in [1.165, 1.54) is 0 Å². The minimum atomic E-state index is -0.511. The van der Waals surface area contributed by atoms with Crippen LogP contribution >= 0.6 is 0 Å². The molecule has 1 fully saturated rings. The molecule has 1 aromatic carbocycles. The summed E-state index contributed by atoms with van der Waals surface area (Å²) < 4.78 is 0. The van der Waals surface area contributed by atoms with Gasteiger partial charge in [0, 0.05) is 32.6 Å². The Bertz CT molecular complexity index is 554. The third-order valence-electron chi connectivity index (χ3n) is 4.51. The number of hydrogen-bond acceptors (Lipinski definition) is 4. The number of carbonyl (C=O) groups is 2. The van der Waals surface area contributed by atoms with Gasteiger partial charge in [0.15, 0.2) is 0 Å². The molecule has 0 saturated carbocycles. The highest BCUT2D eigenvalue weighted by atomic mass is 16.2. The molecule has 1 unspecified atom stereocenters. The largest absolute Gasteiger partial charge is 0.343 e. The van der Waals surface area contributed by atoms with Crippen molar-refractivity contribution in [3.8, 4) is 0 Å². The molecule has 25 heavy (non-hydrogen) atoms. The van der Waals surface area contributed by atoms with Crippen molar-refractivity contribution in [3.63, 3.8) is 0 Å². The molecule has 0 bridgehead atoms. The molecule has 0 spiro atoms. The van der Waals surface area contributed by atoms with E-state index in [1.807, 2.05) is 49.3 Å². The van der Waals surface area contributed by atoms with E-state index >= 15 is 0 Å². The maximum Gasteiger partial charge on any atom is 0.245 e. The summed E-state index contributed by atoms with van der Waals surface area (Å²) in [6, 6.07) is 9.34. The fraction of sp³-hybridized carbons (Fsp3) is 0.579. The molecule has 1 aliphatic rings. The van der Waals surface area contributed by atoms with Crippen LogP contribution in [0.25, 0.3) is 0 Å². The summed E-state index contributed by atoms with van der Waals surface area (Å²) in [5.74, 6) is -0.0989. The van der Waals surface area contributed by atoms with Crippen LogP contribution in [-0.2, 0) is 16.0 Å². The van der Waals surface area contributed by atoms with Crippen LogP contribution in [0.4, 0.5) is 0 Å². The first-order valence-corrected chi connectivity index (χ1v) is 8.98. The standard InChI is InChI=1S/C19H30N4O2/c1-4-22-10-12-23(13-11-22)19(25)17(20-18(24)15-21(2)3)14-16-8-6-5-7-9-16/h5-9,17H,4,10-15H2,1-3H3,(H,20,24). The molecule has 2 amide bonds. The molecule has 6 nitrogen and oxygen atoms in total. The third-order valence-corrected chi connectivity index (χ3v) is 4.51. The number of rotatable bonds is 7. The normalized spacial score (nSPS) is 16.7. The van der Waals surface area contributed by atoms with Gasteiger partial charge in [-0.3, -0.25) is 9.59 Å². The molecule has 0 radical (unpaired) electrons. The van der Waals surface area contributed by atoms with Gasteiger partial charge in [0.05, 0.1) is 6.54 Å². The second-order valence-electron chi connectivity index (χ2n) is 6.81. The Morgan fingerprint density at radius 2 is 1.76 bits per heavy atom. The number of nitrogens with one attached hydrogen (secondary N) is 1. The van der Waals surface area contributed by atoms with Crippen molar-refractivity contribution < 1.29 is 9.59 Å². The number of likely N-dealkylation sites (N-methyl/N-ethyl adjacent to an activating group) is 2. The fourth-order valence-corrected chi connectivity index (χ4v) is 3.08. The fourth-order valence-electron chi connectivity index (χ4n) is 3.08. The molecule has 0 aromatic heterocycles. The maximum atomic E-state index is 13.0. The third kappa shape index (κ3) is 6.14. The van der Waals surface area contributed by atoms with Gasteiger partial charge >= 0.3 is 0 Å². The smallest absolute Gasteiger partial charge is 0.245 e. The van der Waals surface area contributed by atoms with Crippen molar-refractivity contribution in [1.82, 2.24) is 20.0 Å². The van der Waals surface area contributed by atoms with Gasteiger partial charge in [0.25, 0.3) is 0 Å². The summed E-state index contributed by atoms with van der Waals surface area (Å²) in [4.78, 5) is 31.2. The Labute approximate surface area is 150 Å². The quantitative estimate of drug-likeness (QED) is 0.778. The van der Waals surface area contributed by atoms with Gasteiger partial charge in [-0.05, 0) is 26.2 Å². The first-order chi connectivity index (χ1) is 12.0. The second-order valence-corrected chi connectivity index (χ2v) is 6.81. The topological polar surface area (TPSA) is 55.9 Å². The van der Waals surface area contributed by atoms with E-state index in [-0.39, 0.29) is 18.4 Å². The van der Waals surface area contributed by atoms with Gasteiger partial charge in [0.2, 0.25) is 11.8 Å². The number of carbonyl (C=O) groups excluding carboxylic acids is 2. The van der Waals surface area contributed by atoms with Gasteiger partial charge in [-0.25, -0.2) is 0 Å². The van der Waals surface area contributed by atoms with E-state index in [4.69, 9.17) is 0 Å². The number of amides is 2. The Morgan fingerprint density at radius 1 is 1.12 bits per heavy atom. The number of benzene rings is 1. The van der Waals surface area contributed by atoms with E-state index in [9.17, 15) is 9.59 Å². The Morgan fingerprint density at radius 3 is 2.32 bits per heavy atom. The van der Waals surface area contributed by atoms with Crippen LogP contribution in [0.15, 0.2) is 30.3 Å². The van der Waals surface area contributed by atoms with Crippen molar-refractivity contribution in [2.24, 2.45) is 0 Å². The monoisotopic (exact) mass is 346 g/mol. The van der Waals surface area contributed by atoms with Crippen molar-refractivity contribution in [2.45, 2.75) is 19.4 Å². The number of hydrogen-bond donors (Lipinski definition) is 1. The zero-order chi connectivity index (χ0) is 18.2. The first kappa shape index (κ1) is 19.4. The van der Waals surface area contributed by atoms with Crippen LogP contribution in [0, 0.1) is 0 Å². The van der Waals surface area contributed by atoms with Crippen LogP contribution in [0.5, 0.6) is 0 Å². The Hall–Kier alpha value is -1.92. The molecule has 1 aromatic rings. The van der Waals surface area contributed by atoms with Gasteiger partial charge in [0.1, 0.15) is 6.04 Å². The maximum absolute atomic E-state index is 13.0. The zero-order valence-corrected chi connectivity index (χ0v) is 15.6. The Kier molecular flexibility index (Phi) is 7.40. The van der Waals surface area contributed by atoms with Crippen LogP contribution in [0.2, 0.25) is 0 Å². The highest BCUT2D eigenvalue weighted by Gasteiger charge is 2.28. The van der Waals surface area contributed by atoms with Gasteiger partial charge < -0.3 is 20.0 Å². The summed E-state index contributed by atoms with van der Waals surface area (Å²) in [5, 5.41) is 2.93. The zero-order valence-electron chi connectivity index (χ0n) is 15.6. The molecule has 1 atom stereocenters. The molecule has 2 rings (SSSR count). The van der Waals surface area contributed by atoms with Crippen LogP contribution in [-0.4, -0.2) is 85.9 Å². The lowest BCUT2D eigenvalue weighted by molar-refractivity contribution is -0.138. The van der Waals surface area contributed by atoms with Crippen molar-refractivity contribution in [1.29, 1.82) is 0 Å². The molecule has 6 heteroatoms. The van der Waals surface area contributed by atoms with E-state index in [1.54, 1.807) is 4.90 Å². The Balaban J connectivity index is 2.04. The van der Waals surface area contributed by atoms with Crippen molar-refractivity contribution >= 4 is 11.8 Å². The predicted molar refractivity (Wildman–Crippen MR) is 99.3 cm³/mol. The summed E-state index contributed by atoms with van der Waals surface area (Å²) in [6.45, 7) is 6.66. The number of piperazine rings is 1.